The normalized spacial score (nSPS) is 10.3. The lowest BCUT2D eigenvalue weighted by molar-refractivity contribution is -0.115. The number of aryl methyl sites for hydroxylation is 2. The van der Waals surface area contributed by atoms with Crippen LogP contribution in [0.5, 0.6) is 5.75 Å². The number of rotatable bonds is 6. The van der Waals surface area contributed by atoms with E-state index in [-0.39, 0.29) is 12.5 Å². The van der Waals surface area contributed by atoms with E-state index >= 15 is 0 Å². The van der Waals surface area contributed by atoms with Crippen LogP contribution < -0.4 is 15.4 Å². The van der Waals surface area contributed by atoms with Crippen molar-refractivity contribution in [2.75, 3.05) is 19.0 Å². The Morgan fingerprint density at radius 1 is 1.14 bits per heavy atom. The summed E-state index contributed by atoms with van der Waals surface area (Å²) in [5.74, 6) is 0.579. The Kier molecular flexibility index (Phi) is 5.55. The fourth-order valence-corrected chi connectivity index (χ4v) is 2.23. The standard InChI is InChI=1S/C18H22N2O2/c1-13-8-9-17(22-3)16(10-13)20-18(21)12-19-11-15-7-5-4-6-14(15)2/h4-10,19H,11-12H2,1-3H3,(H,20,21). The number of carbonyl (C=O) groups excluding carboxylic acids is 1. The van der Waals surface area contributed by atoms with Gasteiger partial charge in [-0.3, -0.25) is 4.79 Å². The second-order valence-electron chi connectivity index (χ2n) is 5.28. The van der Waals surface area contributed by atoms with Crippen LogP contribution in [-0.4, -0.2) is 19.6 Å². The zero-order valence-corrected chi connectivity index (χ0v) is 13.3. The fourth-order valence-electron chi connectivity index (χ4n) is 2.23. The molecule has 4 nitrogen and oxygen atoms in total. The maximum absolute atomic E-state index is 12.0. The van der Waals surface area contributed by atoms with Crippen LogP contribution in [0.3, 0.4) is 0 Å². The van der Waals surface area contributed by atoms with Crippen molar-refractivity contribution in [2.45, 2.75) is 20.4 Å². The Balaban J connectivity index is 1.88. The molecule has 0 aromatic heterocycles. The van der Waals surface area contributed by atoms with Crippen molar-refractivity contribution in [3.63, 3.8) is 0 Å². The number of ether oxygens (including phenoxy) is 1. The molecule has 2 aromatic carbocycles. The van der Waals surface area contributed by atoms with E-state index in [9.17, 15) is 4.79 Å². The van der Waals surface area contributed by atoms with Gasteiger partial charge in [-0.1, -0.05) is 30.3 Å². The third-order valence-electron chi connectivity index (χ3n) is 3.49. The van der Waals surface area contributed by atoms with Crippen molar-refractivity contribution in [3.05, 3.63) is 59.2 Å². The number of amides is 1. The van der Waals surface area contributed by atoms with Crippen LogP contribution in [0.4, 0.5) is 5.69 Å². The first-order chi connectivity index (χ1) is 10.6. The lowest BCUT2D eigenvalue weighted by Crippen LogP contribution is -2.28. The summed E-state index contributed by atoms with van der Waals surface area (Å²) in [7, 11) is 1.59. The average Bonchev–Trinajstić information content (AvgIpc) is 2.49. The summed E-state index contributed by atoms with van der Waals surface area (Å²) in [4.78, 5) is 12.0. The Morgan fingerprint density at radius 2 is 1.91 bits per heavy atom. The third kappa shape index (κ3) is 4.33. The van der Waals surface area contributed by atoms with E-state index in [0.29, 0.717) is 18.0 Å². The molecular formula is C18H22N2O2. The van der Waals surface area contributed by atoms with E-state index in [1.54, 1.807) is 7.11 Å². The van der Waals surface area contributed by atoms with Gasteiger partial charge in [0.05, 0.1) is 19.3 Å². The van der Waals surface area contributed by atoms with Gasteiger partial charge >= 0.3 is 0 Å². The van der Waals surface area contributed by atoms with Crippen LogP contribution in [0.25, 0.3) is 0 Å². The predicted octanol–water partition coefficient (Wildman–Crippen LogP) is 3.04. The van der Waals surface area contributed by atoms with Crippen molar-refractivity contribution in [1.29, 1.82) is 0 Å². The monoisotopic (exact) mass is 298 g/mol. The Bertz CT molecular complexity index is 653. The van der Waals surface area contributed by atoms with Crippen molar-refractivity contribution >= 4 is 11.6 Å². The predicted molar refractivity (Wildman–Crippen MR) is 89.2 cm³/mol. The van der Waals surface area contributed by atoms with Gasteiger partial charge in [-0.05, 0) is 42.7 Å². The van der Waals surface area contributed by atoms with E-state index in [4.69, 9.17) is 4.74 Å². The number of carbonyl (C=O) groups is 1. The molecule has 0 aliphatic rings. The van der Waals surface area contributed by atoms with E-state index in [1.807, 2.05) is 37.3 Å². The van der Waals surface area contributed by atoms with Crippen molar-refractivity contribution in [2.24, 2.45) is 0 Å². The molecule has 0 bridgehead atoms. The van der Waals surface area contributed by atoms with E-state index in [1.165, 1.54) is 11.1 Å². The van der Waals surface area contributed by atoms with E-state index < -0.39 is 0 Å². The first-order valence-electron chi connectivity index (χ1n) is 7.30. The highest BCUT2D eigenvalue weighted by molar-refractivity contribution is 5.93. The lowest BCUT2D eigenvalue weighted by Gasteiger charge is -2.12. The summed E-state index contributed by atoms with van der Waals surface area (Å²) >= 11 is 0. The molecule has 0 radical (unpaired) electrons. The third-order valence-corrected chi connectivity index (χ3v) is 3.49. The molecule has 0 saturated carbocycles. The molecular weight excluding hydrogens is 276 g/mol. The van der Waals surface area contributed by atoms with Crippen LogP contribution in [-0.2, 0) is 11.3 Å². The highest BCUT2D eigenvalue weighted by Gasteiger charge is 2.07. The van der Waals surface area contributed by atoms with E-state index in [0.717, 1.165) is 5.56 Å². The van der Waals surface area contributed by atoms with Gasteiger partial charge < -0.3 is 15.4 Å². The van der Waals surface area contributed by atoms with Gasteiger partial charge in [0.15, 0.2) is 0 Å². The van der Waals surface area contributed by atoms with Crippen LogP contribution >= 0.6 is 0 Å². The van der Waals surface area contributed by atoms with Crippen molar-refractivity contribution in [1.82, 2.24) is 5.32 Å². The molecule has 0 aliphatic carbocycles. The zero-order chi connectivity index (χ0) is 15.9. The van der Waals surface area contributed by atoms with Crippen molar-refractivity contribution < 1.29 is 9.53 Å². The molecule has 0 aliphatic heterocycles. The first kappa shape index (κ1) is 16.0. The molecule has 0 saturated heterocycles. The lowest BCUT2D eigenvalue weighted by atomic mass is 10.1. The topological polar surface area (TPSA) is 50.4 Å². The molecule has 1 amide bonds. The van der Waals surface area contributed by atoms with Crippen molar-refractivity contribution in [3.8, 4) is 5.75 Å². The summed E-state index contributed by atoms with van der Waals surface area (Å²) in [5, 5.41) is 6.04. The maximum Gasteiger partial charge on any atom is 0.238 e. The fraction of sp³-hybridized carbons (Fsp3) is 0.278. The summed E-state index contributed by atoms with van der Waals surface area (Å²) in [5.41, 5.74) is 4.19. The zero-order valence-electron chi connectivity index (χ0n) is 13.3. The molecule has 4 heteroatoms. The van der Waals surface area contributed by atoms with Gasteiger partial charge in [0.2, 0.25) is 5.91 Å². The molecule has 2 N–H and O–H groups in total. The minimum Gasteiger partial charge on any atom is -0.495 e. The molecule has 0 spiro atoms. The second-order valence-corrected chi connectivity index (χ2v) is 5.28. The Labute approximate surface area is 131 Å². The van der Waals surface area contributed by atoms with Crippen LogP contribution in [0.2, 0.25) is 0 Å². The Hall–Kier alpha value is -2.33. The molecule has 2 rings (SSSR count). The number of hydrogen-bond acceptors (Lipinski definition) is 3. The van der Waals surface area contributed by atoms with E-state index in [2.05, 4.69) is 29.7 Å². The van der Waals surface area contributed by atoms with Crippen LogP contribution in [0.15, 0.2) is 42.5 Å². The van der Waals surface area contributed by atoms with Crippen LogP contribution in [0.1, 0.15) is 16.7 Å². The molecule has 22 heavy (non-hydrogen) atoms. The molecule has 0 fully saturated rings. The number of nitrogens with one attached hydrogen (secondary N) is 2. The highest BCUT2D eigenvalue weighted by atomic mass is 16.5. The molecule has 116 valence electrons. The molecule has 2 aromatic rings. The van der Waals surface area contributed by atoms with Gasteiger partial charge in [0, 0.05) is 6.54 Å². The molecule has 0 heterocycles. The number of benzene rings is 2. The summed E-state index contributed by atoms with van der Waals surface area (Å²) in [6.45, 7) is 4.97. The van der Waals surface area contributed by atoms with Gasteiger partial charge in [0.25, 0.3) is 0 Å². The smallest absolute Gasteiger partial charge is 0.238 e. The minimum atomic E-state index is -0.0857. The Morgan fingerprint density at radius 3 is 2.64 bits per heavy atom. The van der Waals surface area contributed by atoms with Gasteiger partial charge in [0.1, 0.15) is 5.75 Å². The second kappa shape index (κ2) is 7.61. The SMILES string of the molecule is COc1ccc(C)cc1NC(=O)CNCc1ccccc1C. The number of anilines is 1. The number of hydrogen-bond donors (Lipinski definition) is 2. The summed E-state index contributed by atoms with van der Waals surface area (Å²) in [6, 6.07) is 13.8. The molecule has 0 unspecified atom stereocenters. The molecule has 0 atom stereocenters. The van der Waals surface area contributed by atoms with Gasteiger partial charge in [-0.2, -0.15) is 0 Å². The maximum atomic E-state index is 12.0. The van der Waals surface area contributed by atoms with Gasteiger partial charge in [-0.15, -0.1) is 0 Å². The highest BCUT2D eigenvalue weighted by Crippen LogP contribution is 2.24. The first-order valence-corrected chi connectivity index (χ1v) is 7.30. The largest absolute Gasteiger partial charge is 0.495 e. The quantitative estimate of drug-likeness (QED) is 0.862. The van der Waals surface area contributed by atoms with Crippen LogP contribution in [0, 0.1) is 13.8 Å². The minimum absolute atomic E-state index is 0.0857. The summed E-state index contributed by atoms with van der Waals surface area (Å²) in [6.07, 6.45) is 0. The summed E-state index contributed by atoms with van der Waals surface area (Å²) < 4.78 is 5.26. The average molecular weight is 298 g/mol. The number of methoxy groups -OCH3 is 1. The van der Waals surface area contributed by atoms with Gasteiger partial charge in [-0.25, -0.2) is 0 Å².